The Labute approximate surface area is 292 Å². The van der Waals surface area contributed by atoms with Gasteiger partial charge in [0.2, 0.25) is 0 Å². The van der Waals surface area contributed by atoms with Crippen LogP contribution in [-0.4, -0.2) is 88.5 Å². The molecule has 0 saturated heterocycles. The molecule has 0 spiro atoms. The minimum absolute atomic E-state index is 1.41. The van der Waals surface area contributed by atoms with Crippen LogP contribution in [0, 0.1) is 0 Å². The number of hydrogen-bond acceptors (Lipinski definition) is 1. The van der Waals surface area contributed by atoms with E-state index in [0.29, 0.717) is 0 Å². The molecule has 0 atom stereocenters. The van der Waals surface area contributed by atoms with Gasteiger partial charge in [0.1, 0.15) is 0 Å². The summed E-state index contributed by atoms with van der Waals surface area (Å²) >= 11 is 0. The largest absolute Gasteiger partial charge is 0.460 e. The lowest BCUT2D eigenvalue weighted by molar-refractivity contribution is -0.463. The highest BCUT2D eigenvalue weighted by atomic mass is 19.4. The molecule has 35 heteroatoms. The molecule has 0 amide bonds. The molecule has 0 bridgehead atoms. The van der Waals surface area contributed by atoms with E-state index in [9.17, 15) is 149 Å². The molecule has 0 unspecified atom stereocenters. The molecule has 342 valence electrons. The fraction of sp³-hybridized carbons (Fsp3) is 0.739. The summed E-state index contributed by atoms with van der Waals surface area (Å²) in [4.78, 5) is 0. The van der Waals surface area contributed by atoms with Crippen molar-refractivity contribution >= 4 is 0 Å². The minimum Gasteiger partial charge on any atom is -0.392 e. The Kier molecular flexibility index (Phi) is 12.2. The molecule has 0 aliphatic carbocycles. The van der Waals surface area contributed by atoms with E-state index in [1.807, 2.05) is 0 Å². The monoisotopic (exact) mass is 944 g/mol. The predicted molar refractivity (Wildman–Crippen MR) is 112 cm³/mol. The molecule has 0 heterocycles. The van der Waals surface area contributed by atoms with E-state index in [0.717, 1.165) is 0 Å². The van der Waals surface area contributed by atoms with Crippen LogP contribution < -0.4 is 0 Å². The minimum atomic E-state index is -9.40. The summed E-state index contributed by atoms with van der Waals surface area (Å²) < 4.78 is 462. The van der Waals surface area contributed by atoms with Crippen molar-refractivity contribution in [1.29, 1.82) is 0 Å². The van der Waals surface area contributed by atoms with Gasteiger partial charge < -0.3 is 5.11 Å². The Hall–Kier alpha value is -3.20. The van der Waals surface area contributed by atoms with Gasteiger partial charge in [0.25, 0.3) is 0 Å². The average molecular weight is 944 g/mol. The van der Waals surface area contributed by atoms with Crippen molar-refractivity contribution in [3.05, 3.63) is 34.9 Å². The number of benzene rings is 1. The molecule has 58 heavy (non-hydrogen) atoms. The van der Waals surface area contributed by atoms with Crippen molar-refractivity contribution in [2.75, 3.05) is 0 Å². The summed E-state index contributed by atoms with van der Waals surface area (Å²) in [5.74, 6) is -126. The second-order valence-electron chi connectivity index (χ2n) is 11.1. The Morgan fingerprint density at radius 1 is 0.259 bits per heavy atom. The van der Waals surface area contributed by atoms with E-state index in [4.69, 9.17) is 5.11 Å². The lowest BCUT2D eigenvalue weighted by Crippen LogP contribution is -2.74. The number of alkyl halides is 34. The topological polar surface area (TPSA) is 20.2 Å². The van der Waals surface area contributed by atoms with Crippen LogP contribution in [0.5, 0.6) is 0 Å². The smallest absolute Gasteiger partial charge is 0.392 e. The molecule has 0 saturated carbocycles. The van der Waals surface area contributed by atoms with Gasteiger partial charge in [0.15, 0.2) is 0 Å². The summed E-state index contributed by atoms with van der Waals surface area (Å²) in [6.07, 6.45) is -16.4. The van der Waals surface area contributed by atoms with E-state index in [1.165, 1.54) is 0 Å². The zero-order chi connectivity index (χ0) is 47.6. The number of aliphatic hydroxyl groups is 1. The summed E-state index contributed by atoms with van der Waals surface area (Å²) in [6, 6.07) is -5.10. The Bertz CT molecular complexity index is 1540. The van der Waals surface area contributed by atoms with E-state index in [-0.39, 0.29) is 0 Å². The van der Waals surface area contributed by atoms with Crippen molar-refractivity contribution < 1.29 is 154 Å². The molecule has 1 nitrogen and oxygen atoms in total. The van der Waals surface area contributed by atoms with Gasteiger partial charge in [-0.1, -0.05) is 0 Å². The van der Waals surface area contributed by atoms with E-state index >= 15 is 0 Å². The van der Waals surface area contributed by atoms with Crippen molar-refractivity contribution in [2.24, 2.45) is 0 Å². The molecule has 0 radical (unpaired) electrons. The summed E-state index contributed by atoms with van der Waals surface area (Å²) in [5.41, 5.74) is -10.6. The first-order valence-electron chi connectivity index (χ1n) is 12.8. The van der Waals surface area contributed by atoms with Crippen LogP contribution in [-0.2, 0) is 18.5 Å². The first-order chi connectivity index (χ1) is 24.6. The zero-order valence-electron chi connectivity index (χ0n) is 25.2. The Morgan fingerprint density at radius 3 is 0.603 bits per heavy atom. The van der Waals surface area contributed by atoms with Crippen LogP contribution in [0.4, 0.5) is 149 Å². The van der Waals surface area contributed by atoms with Crippen molar-refractivity contribution in [3.63, 3.8) is 0 Å². The first-order valence-corrected chi connectivity index (χ1v) is 12.8. The van der Waals surface area contributed by atoms with Crippen molar-refractivity contribution in [1.82, 2.24) is 0 Å². The van der Waals surface area contributed by atoms with Gasteiger partial charge in [-0.05, 0) is 23.8 Å². The number of rotatable bonds is 15. The highest BCUT2D eigenvalue weighted by Crippen LogP contribution is 2.67. The molecule has 1 rings (SSSR count). The van der Waals surface area contributed by atoms with E-state index in [1.54, 1.807) is 0 Å². The molecule has 0 aromatic heterocycles. The van der Waals surface area contributed by atoms with Gasteiger partial charge >= 0.3 is 95.3 Å². The number of halogens is 34. The lowest BCUT2D eigenvalue weighted by atomic mass is 9.84. The fourth-order valence-electron chi connectivity index (χ4n) is 3.84. The Balaban J connectivity index is 4.17. The average Bonchev–Trinajstić information content (AvgIpc) is 3.02. The van der Waals surface area contributed by atoms with Crippen molar-refractivity contribution in [2.45, 2.75) is 102 Å². The number of aliphatic hydroxyl groups excluding tert-OH is 1. The van der Waals surface area contributed by atoms with Crippen molar-refractivity contribution in [3.8, 4) is 0 Å². The zero-order valence-corrected chi connectivity index (χ0v) is 25.2. The van der Waals surface area contributed by atoms with Crippen LogP contribution in [0.2, 0.25) is 0 Å². The standard InChI is InChI=1S/C23H6F34O/c24-8(25,10(28,29)12(32,33)14(36,37)16(40,41)18(44,45)20(48,49)22(52,53)54)6-1-5(4-58)2-7(3-6)9(26,27)11(30,31)13(34,35)15(38,39)17(42,43)19(46,47)21(50,51)23(55,56)57/h1-3,58H,4H2. The molecule has 0 fully saturated rings. The second-order valence-corrected chi connectivity index (χ2v) is 11.1. The number of hydrogen-bond donors (Lipinski definition) is 1. The third kappa shape index (κ3) is 6.40. The SMILES string of the molecule is OCc1cc(C(F)(F)C(F)(F)C(F)(F)C(F)(F)C(F)(F)C(F)(F)C(F)(F)C(F)(F)F)cc(C(F)(F)C(F)(F)C(F)(F)C(F)(F)C(F)(F)C(F)(F)C(F)(F)C(F)(F)F)c1. The van der Waals surface area contributed by atoms with Crippen LogP contribution in [0.1, 0.15) is 16.7 Å². The molecule has 1 aromatic carbocycles. The third-order valence-corrected chi connectivity index (χ3v) is 7.34. The van der Waals surface area contributed by atoms with Gasteiger partial charge in [0.05, 0.1) is 6.61 Å². The normalized spacial score (nSPS) is 16.6. The maximum Gasteiger partial charge on any atom is 0.460 e. The Morgan fingerprint density at radius 2 is 0.431 bits per heavy atom. The summed E-state index contributed by atoms with van der Waals surface area (Å²) in [7, 11) is 0. The van der Waals surface area contributed by atoms with Crippen LogP contribution >= 0.6 is 0 Å². The van der Waals surface area contributed by atoms with Crippen LogP contribution in [0.3, 0.4) is 0 Å². The van der Waals surface area contributed by atoms with Gasteiger partial charge in [-0.25, -0.2) is 0 Å². The predicted octanol–water partition coefficient (Wildman–Crippen LogP) is 12.1. The summed E-state index contributed by atoms with van der Waals surface area (Å²) in [5, 5.41) is 8.89. The fourth-order valence-corrected chi connectivity index (χ4v) is 3.84. The summed E-state index contributed by atoms with van der Waals surface area (Å²) in [6.45, 7) is -2.61. The van der Waals surface area contributed by atoms with Gasteiger partial charge in [0, 0.05) is 11.1 Å². The maximum atomic E-state index is 14.7. The third-order valence-electron chi connectivity index (χ3n) is 7.34. The molecule has 1 aromatic rings. The highest BCUT2D eigenvalue weighted by molar-refractivity contribution is 5.38. The van der Waals surface area contributed by atoms with Crippen LogP contribution in [0.15, 0.2) is 18.2 Å². The lowest BCUT2D eigenvalue weighted by Gasteiger charge is -2.43. The van der Waals surface area contributed by atoms with Gasteiger partial charge in [-0.3, -0.25) is 0 Å². The first kappa shape index (κ1) is 52.8. The molecular formula is C23H6F34O. The quantitative estimate of drug-likeness (QED) is 0.174. The van der Waals surface area contributed by atoms with Gasteiger partial charge in [-0.2, -0.15) is 149 Å². The molecule has 1 N–H and O–H groups in total. The van der Waals surface area contributed by atoms with Crippen LogP contribution in [0.25, 0.3) is 0 Å². The highest BCUT2D eigenvalue weighted by Gasteiger charge is 2.97. The molecular weight excluding hydrogens is 938 g/mol. The second kappa shape index (κ2) is 13.4. The maximum absolute atomic E-state index is 14.7. The molecule has 0 aliphatic heterocycles. The van der Waals surface area contributed by atoms with E-state index in [2.05, 4.69) is 0 Å². The van der Waals surface area contributed by atoms with E-state index < -0.39 is 137 Å². The molecule has 0 aliphatic rings. The van der Waals surface area contributed by atoms with Gasteiger partial charge in [-0.15, -0.1) is 0 Å².